The van der Waals surface area contributed by atoms with Gasteiger partial charge in [-0.15, -0.1) is 0 Å². The number of hydrogen-bond donors (Lipinski definition) is 0. The Bertz CT molecular complexity index is 1050. The van der Waals surface area contributed by atoms with E-state index < -0.39 is 5.60 Å². The van der Waals surface area contributed by atoms with E-state index in [-0.39, 0.29) is 6.10 Å². The van der Waals surface area contributed by atoms with Gasteiger partial charge in [-0.05, 0) is 42.0 Å². The van der Waals surface area contributed by atoms with Crippen LogP contribution in [0.3, 0.4) is 0 Å². The molecule has 0 fully saturated rings. The second kappa shape index (κ2) is 25.2. The Morgan fingerprint density at radius 2 is 0.936 bits per heavy atom. The molecule has 3 heteroatoms. The lowest BCUT2D eigenvalue weighted by Gasteiger charge is -2.37. The summed E-state index contributed by atoms with van der Waals surface area (Å²) in [4.78, 5) is 0. The molecule has 3 aromatic carbocycles. The van der Waals surface area contributed by atoms with Gasteiger partial charge in [0.05, 0.1) is 19.5 Å². The maximum atomic E-state index is 7.07. The quantitative estimate of drug-likeness (QED) is 0.0449. The molecule has 0 heterocycles. The minimum Gasteiger partial charge on any atom is -0.494 e. The van der Waals surface area contributed by atoms with E-state index in [1.54, 1.807) is 0 Å². The molecule has 3 aromatic rings. The largest absolute Gasteiger partial charge is 0.494 e. The summed E-state index contributed by atoms with van der Waals surface area (Å²) in [6, 6.07) is 31.6. The van der Waals surface area contributed by atoms with Gasteiger partial charge in [-0.25, -0.2) is 0 Å². The molecule has 1 unspecified atom stereocenters. The average molecular weight is 641 g/mol. The first kappa shape index (κ1) is 38.6. The van der Waals surface area contributed by atoms with Crippen LogP contribution in [0.1, 0.15) is 140 Å². The van der Waals surface area contributed by atoms with Gasteiger partial charge in [0.1, 0.15) is 11.7 Å². The van der Waals surface area contributed by atoms with Gasteiger partial charge in [-0.1, -0.05) is 195 Å². The van der Waals surface area contributed by atoms with Crippen LogP contribution in [0.2, 0.25) is 0 Å². The highest BCUT2D eigenvalue weighted by molar-refractivity contribution is 5.47. The van der Waals surface area contributed by atoms with Crippen molar-refractivity contribution >= 4 is 0 Å². The topological polar surface area (TPSA) is 27.7 Å². The van der Waals surface area contributed by atoms with Crippen molar-refractivity contribution < 1.29 is 14.2 Å². The van der Waals surface area contributed by atoms with Crippen LogP contribution in [0.5, 0.6) is 0 Å². The van der Waals surface area contributed by atoms with Crippen molar-refractivity contribution in [1.29, 1.82) is 0 Å². The molecule has 0 aliphatic heterocycles. The van der Waals surface area contributed by atoms with E-state index in [0.717, 1.165) is 42.6 Å². The first-order valence-electron chi connectivity index (χ1n) is 19.0. The summed E-state index contributed by atoms with van der Waals surface area (Å²) in [6.07, 6.45) is 26.2. The van der Waals surface area contributed by atoms with Gasteiger partial charge in [-0.3, -0.25) is 0 Å². The van der Waals surface area contributed by atoms with Crippen molar-refractivity contribution in [3.05, 3.63) is 120 Å². The van der Waals surface area contributed by atoms with Crippen molar-refractivity contribution in [2.75, 3.05) is 19.8 Å². The standard InChI is InChI=1S/C44H64O3/c1-3-5-7-9-10-11-12-13-14-15-16-17-18-28-36-45-38-43(46-37-29-8-6-4-2)39-47-44(40-30-22-19-23-31-40,41-32-24-20-25-33-41)42-34-26-21-27-35-42/h19-27,29-35,37,43H,3-18,28,36,38-39H2,1-2H3. The van der Waals surface area contributed by atoms with E-state index in [1.807, 2.05) is 6.26 Å². The fourth-order valence-electron chi connectivity index (χ4n) is 6.28. The lowest BCUT2D eigenvalue weighted by Crippen LogP contribution is -2.37. The van der Waals surface area contributed by atoms with Gasteiger partial charge in [0.15, 0.2) is 0 Å². The molecule has 3 nitrogen and oxygen atoms in total. The Kier molecular flexibility index (Phi) is 20.7. The lowest BCUT2D eigenvalue weighted by atomic mass is 9.80. The molecule has 258 valence electrons. The summed E-state index contributed by atoms with van der Waals surface area (Å²) in [6.45, 7) is 6.17. The molecule has 0 saturated heterocycles. The van der Waals surface area contributed by atoms with Gasteiger partial charge >= 0.3 is 0 Å². The summed E-state index contributed by atoms with van der Waals surface area (Å²) in [5.41, 5.74) is 2.51. The van der Waals surface area contributed by atoms with Crippen molar-refractivity contribution in [1.82, 2.24) is 0 Å². The van der Waals surface area contributed by atoms with Crippen LogP contribution in [0.25, 0.3) is 0 Å². The number of rotatable bonds is 28. The van der Waals surface area contributed by atoms with Crippen LogP contribution >= 0.6 is 0 Å². The van der Waals surface area contributed by atoms with Crippen LogP contribution in [-0.4, -0.2) is 25.9 Å². The predicted molar refractivity (Wildman–Crippen MR) is 200 cm³/mol. The van der Waals surface area contributed by atoms with Crippen molar-refractivity contribution in [3.8, 4) is 0 Å². The number of hydrogen-bond acceptors (Lipinski definition) is 3. The van der Waals surface area contributed by atoms with Crippen LogP contribution in [0.4, 0.5) is 0 Å². The van der Waals surface area contributed by atoms with Crippen LogP contribution in [-0.2, 0) is 19.8 Å². The van der Waals surface area contributed by atoms with E-state index in [0.29, 0.717) is 13.2 Å². The Morgan fingerprint density at radius 3 is 1.38 bits per heavy atom. The fourth-order valence-corrected chi connectivity index (χ4v) is 6.28. The minimum absolute atomic E-state index is 0.213. The summed E-state index contributed by atoms with van der Waals surface area (Å²) in [7, 11) is 0. The van der Waals surface area contributed by atoms with Crippen LogP contribution in [0.15, 0.2) is 103 Å². The SMILES string of the molecule is CCCCC=COC(COCCCCCCCCCCCCCCCC)COC(c1ccccc1)(c1ccccc1)c1ccccc1. The molecule has 0 radical (unpaired) electrons. The molecule has 0 aliphatic carbocycles. The normalized spacial score (nSPS) is 12.5. The Labute approximate surface area is 288 Å². The third kappa shape index (κ3) is 14.8. The molecular formula is C44H64O3. The average Bonchev–Trinajstić information content (AvgIpc) is 3.12. The Morgan fingerprint density at radius 1 is 0.511 bits per heavy atom. The summed E-state index contributed by atoms with van der Waals surface area (Å²) >= 11 is 0. The highest BCUT2D eigenvalue weighted by Gasteiger charge is 2.38. The van der Waals surface area contributed by atoms with Crippen molar-refractivity contribution in [2.24, 2.45) is 0 Å². The highest BCUT2D eigenvalue weighted by Crippen LogP contribution is 2.40. The van der Waals surface area contributed by atoms with Crippen molar-refractivity contribution in [3.63, 3.8) is 0 Å². The fraction of sp³-hybridized carbons (Fsp3) is 0.545. The van der Waals surface area contributed by atoms with E-state index in [4.69, 9.17) is 14.2 Å². The predicted octanol–water partition coefficient (Wildman–Crippen LogP) is 12.6. The molecule has 0 bridgehead atoms. The van der Waals surface area contributed by atoms with E-state index in [9.17, 15) is 0 Å². The maximum absolute atomic E-state index is 7.07. The first-order valence-corrected chi connectivity index (χ1v) is 19.0. The molecule has 0 aromatic heterocycles. The smallest absolute Gasteiger partial charge is 0.144 e. The van der Waals surface area contributed by atoms with Crippen LogP contribution < -0.4 is 0 Å². The molecule has 0 aliphatic rings. The molecule has 47 heavy (non-hydrogen) atoms. The highest BCUT2D eigenvalue weighted by atomic mass is 16.6. The molecular weight excluding hydrogens is 576 g/mol. The monoisotopic (exact) mass is 640 g/mol. The summed E-state index contributed by atoms with van der Waals surface area (Å²) < 4.78 is 19.6. The Balaban J connectivity index is 1.51. The third-order valence-corrected chi connectivity index (χ3v) is 9.06. The molecule has 1 atom stereocenters. The van der Waals surface area contributed by atoms with E-state index >= 15 is 0 Å². The molecule has 0 amide bonds. The zero-order chi connectivity index (χ0) is 33.1. The second-order valence-corrected chi connectivity index (χ2v) is 13.0. The zero-order valence-electron chi connectivity index (χ0n) is 29.8. The second-order valence-electron chi connectivity index (χ2n) is 13.0. The Hall–Kier alpha value is -2.88. The van der Waals surface area contributed by atoms with E-state index in [1.165, 1.54) is 89.9 Å². The van der Waals surface area contributed by atoms with Gasteiger partial charge in [0, 0.05) is 6.61 Å². The first-order chi connectivity index (χ1) is 23.3. The summed E-state index contributed by atoms with van der Waals surface area (Å²) in [5.74, 6) is 0. The van der Waals surface area contributed by atoms with Gasteiger partial charge < -0.3 is 14.2 Å². The van der Waals surface area contributed by atoms with Gasteiger partial charge in [0.25, 0.3) is 0 Å². The zero-order valence-corrected chi connectivity index (χ0v) is 29.8. The molecule has 0 saturated carbocycles. The molecule has 3 rings (SSSR count). The van der Waals surface area contributed by atoms with Gasteiger partial charge in [-0.2, -0.15) is 0 Å². The lowest BCUT2D eigenvalue weighted by molar-refractivity contribution is -0.0685. The third-order valence-electron chi connectivity index (χ3n) is 9.06. The summed E-state index contributed by atoms with van der Waals surface area (Å²) in [5, 5.41) is 0. The molecule has 0 spiro atoms. The van der Waals surface area contributed by atoms with Crippen LogP contribution in [0, 0.1) is 0 Å². The van der Waals surface area contributed by atoms with Crippen molar-refractivity contribution in [2.45, 2.75) is 135 Å². The maximum Gasteiger partial charge on any atom is 0.144 e. The molecule has 0 N–H and O–H groups in total. The minimum atomic E-state index is -0.772. The number of ether oxygens (including phenoxy) is 3. The van der Waals surface area contributed by atoms with Gasteiger partial charge in [0.2, 0.25) is 0 Å². The van der Waals surface area contributed by atoms with E-state index in [2.05, 4.69) is 111 Å². The number of benzene rings is 3. The number of allylic oxidation sites excluding steroid dienone is 1. The number of unbranched alkanes of at least 4 members (excludes halogenated alkanes) is 15.